The highest BCUT2D eigenvalue weighted by Gasteiger charge is 2.11. The number of ether oxygens (including phenoxy) is 2. The summed E-state index contributed by atoms with van der Waals surface area (Å²) in [4.78, 5) is 23.1. The van der Waals surface area contributed by atoms with E-state index < -0.39 is 0 Å². The lowest BCUT2D eigenvalue weighted by molar-refractivity contribution is -0.118. The number of Topliss-reactive ketones (excluding diaryl/α,β-unsaturated/α-hetero) is 1. The molecule has 0 atom stereocenters. The summed E-state index contributed by atoms with van der Waals surface area (Å²) in [7, 11) is 1.47. The molecular weight excluding hydrogens is 306 g/mol. The number of aromatic nitrogens is 2. The summed E-state index contributed by atoms with van der Waals surface area (Å²) in [6, 6.07) is 4.79. The van der Waals surface area contributed by atoms with Crippen LogP contribution in [-0.4, -0.2) is 35.6 Å². The average Bonchev–Trinajstić information content (AvgIpc) is 2.89. The maximum Gasteiger partial charge on any atom is 0.264 e. The number of amides is 1. The molecule has 116 valence electrons. The van der Waals surface area contributed by atoms with Crippen LogP contribution in [0.25, 0.3) is 0 Å². The summed E-state index contributed by atoms with van der Waals surface area (Å²) < 4.78 is 10.6. The van der Waals surface area contributed by atoms with E-state index >= 15 is 0 Å². The zero-order chi connectivity index (χ0) is 16.1. The van der Waals surface area contributed by atoms with Gasteiger partial charge in [0.1, 0.15) is 5.01 Å². The number of carbonyl (C=O) groups excluding carboxylic acids is 2. The first kappa shape index (κ1) is 15.9. The highest BCUT2D eigenvalue weighted by Crippen LogP contribution is 2.28. The van der Waals surface area contributed by atoms with Crippen molar-refractivity contribution in [3.63, 3.8) is 0 Å². The van der Waals surface area contributed by atoms with Crippen molar-refractivity contribution in [1.82, 2.24) is 10.2 Å². The number of carbonyl (C=O) groups is 2. The van der Waals surface area contributed by atoms with Crippen LogP contribution in [-0.2, 0) is 4.79 Å². The summed E-state index contributed by atoms with van der Waals surface area (Å²) in [6.07, 6.45) is 0. The first-order chi connectivity index (χ1) is 10.5. The Morgan fingerprint density at radius 3 is 2.64 bits per heavy atom. The van der Waals surface area contributed by atoms with E-state index in [1.807, 2.05) is 0 Å². The molecule has 0 bridgehead atoms. The molecule has 22 heavy (non-hydrogen) atoms. The van der Waals surface area contributed by atoms with Crippen LogP contribution in [0.1, 0.15) is 22.3 Å². The van der Waals surface area contributed by atoms with E-state index in [2.05, 4.69) is 15.5 Å². The molecule has 0 aliphatic rings. The number of hydrogen-bond acceptors (Lipinski definition) is 7. The molecule has 0 aliphatic heterocycles. The van der Waals surface area contributed by atoms with Crippen LogP contribution in [0.15, 0.2) is 18.2 Å². The lowest BCUT2D eigenvalue weighted by atomic mass is 10.1. The van der Waals surface area contributed by atoms with E-state index in [9.17, 15) is 9.59 Å². The molecule has 2 rings (SSSR count). The molecule has 0 spiro atoms. The lowest BCUT2D eigenvalue weighted by Gasteiger charge is -2.11. The summed E-state index contributed by atoms with van der Waals surface area (Å²) in [6.45, 7) is 3.06. The smallest absolute Gasteiger partial charge is 0.264 e. The van der Waals surface area contributed by atoms with Gasteiger partial charge >= 0.3 is 0 Å². The van der Waals surface area contributed by atoms with Gasteiger partial charge in [0.05, 0.1) is 7.11 Å². The lowest BCUT2D eigenvalue weighted by Crippen LogP contribution is -2.20. The molecule has 8 heteroatoms. The SMILES string of the molecule is COc1cc(C(C)=O)ccc1OCC(=O)Nc1nnc(C)s1. The summed E-state index contributed by atoms with van der Waals surface area (Å²) >= 11 is 1.28. The zero-order valence-corrected chi connectivity index (χ0v) is 13.2. The van der Waals surface area contributed by atoms with Crippen molar-refractivity contribution in [2.75, 3.05) is 19.0 Å². The third kappa shape index (κ3) is 4.01. The number of hydrogen-bond donors (Lipinski definition) is 1. The highest BCUT2D eigenvalue weighted by molar-refractivity contribution is 7.15. The molecule has 2 aromatic rings. The number of benzene rings is 1. The van der Waals surface area contributed by atoms with Gasteiger partial charge in [-0.1, -0.05) is 11.3 Å². The van der Waals surface area contributed by atoms with Gasteiger partial charge in [0.15, 0.2) is 23.9 Å². The second kappa shape index (κ2) is 6.99. The fraction of sp³-hybridized carbons (Fsp3) is 0.286. The fourth-order valence-electron chi connectivity index (χ4n) is 1.65. The second-order valence-electron chi connectivity index (χ2n) is 4.38. The van der Waals surface area contributed by atoms with Gasteiger partial charge in [0, 0.05) is 5.56 Å². The van der Waals surface area contributed by atoms with Crippen LogP contribution in [0, 0.1) is 6.92 Å². The monoisotopic (exact) mass is 321 g/mol. The molecule has 7 nitrogen and oxygen atoms in total. The third-order valence-electron chi connectivity index (χ3n) is 2.70. The molecule has 0 unspecified atom stereocenters. The van der Waals surface area contributed by atoms with Crippen LogP contribution >= 0.6 is 11.3 Å². The Morgan fingerprint density at radius 2 is 2.05 bits per heavy atom. The van der Waals surface area contributed by atoms with Gasteiger partial charge in [-0.3, -0.25) is 14.9 Å². The molecule has 1 aromatic heterocycles. The molecule has 1 aromatic carbocycles. The Hall–Kier alpha value is -2.48. The van der Waals surface area contributed by atoms with Crippen molar-refractivity contribution < 1.29 is 19.1 Å². The third-order valence-corrected chi connectivity index (χ3v) is 3.46. The minimum Gasteiger partial charge on any atom is -0.493 e. The predicted molar refractivity (Wildman–Crippen MR) is 81.8 cm³/mol. The number of ketones is 1. The second-order valence-corrected chi connectivity index (χ2v) is 5.57. The van der Waals surface area contributed by atoms with Gasteiger partial charge in [-0.2, -0.15) is 0 Å². The number of nitrogens with zero attached hydrogens (tertiary/aromatic N) is 2. The van der Waals surface area contributed by atoms with Crippen LogP contribution in [0.2, 0.25) is 0 Å². The van der Waals surface area contributed by atoms with Crippen LogP contribution in [0.5, 0.6) is 11.5 Å². The van der Waals surface area contributed by atoms with Crippen molar-refractivity contribution in [3.8, 4) is 11.5 Å². The maximum absolute atomic E-state index is 11.8. The Bertz CT molecular complexity index is 699. The van der Waals surface area contributed by atoms with Gasteiger partial charge in [0.2, 0.25) is 5.13 Å². The summed E-state index contributed by atoms with van der Waals surface area (Å²) in [5, 5.41) is 11.4. The van der Waals surface area contributed by atoms with Crippen molar-refractivity contribution in [2.45, 2.75) is 13.8 Å². The summed E-state index contributed by atoms with van der Waals surface area (Å²) in [5.74, 6) is 0.353. The molecule has 0 saturated carbocycles. The number of nitrogens with one attached hydrogen (secondary N) is 1. The van der Waals surface area contributed by atoms with Crippen LogP contribution < -0.4 is 14.8 Å². The van der Waals surface area contributed by atoms with Crippen molar-refractivity contribution >= 4 is 28.2 Å². The number of methoxy groups -OCH3 is 1. The average molecular weight is 321 g/mol. The molecule has 0 saturated heterocycles. The first-order valence-electron chi connectivity index (χ1n) is 6.41. The maximum atomic E-state index is 11.8. The van der Waals surface area contributed by atoms with Crippen molar-refractivity contribution in [3.05, 3.63) is 28.8 Å². The minimum absolute atomic E-state index is 0.0748. The Morgan fingerprint density at radius 1 is 1.27 bits per heavy atom. The summed E-state index contributed by atoms with van der Waals surface area (Å²) in [5.41, 5.74) is 0.512. The van der Waals surface area contributed by atoms with Crippen LogP contribution in [0.3, 0.4) is 0 Å². The van der Waals surface area contributed by atoms with E-state index in [0.29, 0.717) is 22.2 Å². The minimum atomic E-state index is -0.353. The fourth-order valence-corrected chi connectivity index (χ4v) is 2.26. The molecule has 1 amide bonds. The Kier molecular flexibility index (Phi) is 5.05. The molecule has 0 fully saturated rings. The van der Waals surface area contributed by atoms with E-state index in [1.54, 1.807) is 25.1 Å². The molecule has 1 heterocycles. The number of anilines is 1. The molecule has 0 radical (unpaired) electrons. The zero-order valence-electron chi connectivity index (χ0n) is 12.4. The normalized spacial score (nSPS) is 10.1. The Balaban J connectivity index is 1.98. The van der Waals surface area contributed by atoms with E-state index in [1.165, 1.54) is 25.4 Å². The standard InChI is InChI=1S/C14H15N3O4S/c1-8(18)10-4-5-11(12(6-10)20-3)21-7-13(19)15-14-17-16-9(2)22-14/h4-6H,7H2,1-3H3,(H,15,17,19). The van der Waals surface area contributed by atoms with Gasteiger partial charge in [-0.15, -0.1) is 10.2 Å². The Labute approximate surface area is 131 Å². The van der Waals surface area contributed by atoms with Crippen molar-refractivity contribution in [1.29, 1.82) is 0 Å². The van der Waals surface area contributed by atoms with Gasteiger partial charge in [-0.05, 0) is 32.0 Å². The highest BCUT2D eigenvalue weighted by atomic mass is 32.1. The van der Waals surface area contributed by atoms with E-state index in [-0.39, 0.29) is 18.3 Å². The van der Waals surface area contributed by atoms with Crippen LogP contribution in [0.4, 0.5) is 5.13 Å². The predicted octanol–water partition coefficient (Wildman–Crippen LogP) is 2.08. The molecule has 0 aliphatic carbocycles. The number of aryl methyl sites for hydroxylation is 1. The van der Waals surface area contributed by atoms with Gasteiger partial charge in [-0.25, -0.2) is 0 Å². The van der Waals surface area contributed by atoms with Crippen molar-refractivity contribution in [2.24, 2.45) is 0 Å². The van der Waals surface area contributed by atoms with E-state index in [0.717, 1.165) is 5.01 Å². The quantitative estimate of drug-likeness (QED) is 0.819. The topological polar surface area (TPSA) is 90.4 Å². The molecular formula is C14H15N3O4S. The molecule has 1 N–H and O–H groups in total. The largest absolute Gasteiger partial charge is 0.493 e. The van der Waals surface area contributed by atoms with Gasteiger partial charge in [0.25, 0.3) is 5.91 Å². The number of rotatable bonds is 6. The van der Waals surface area contributed by atoms with E-state index in [4.69, 9.17) is 9.47 Å². The van der Waals surface area contributed by atoms with Gasteiger partial charge < -0.3 is 9.47 Å². The first-order valence-corrected chi connectivity index (χ1v) is 7.23.